The lowest BCUT2D eigenvalue weighted by Crippen LogP contribution is -2.12. The molecule has 0 saturated carbocycles. The summed E-state index contributed by atoms with van der Waals surface area (Å²) in [5.74, 6) is -2.71. The summed E-state index contributed by atoms with van der Waals surface area (Å²) in [5.41, 5.74) is -2.16. The SMILES string of the molecule is CS(=O)(=O)Nc1ccc(F)c(F)c1Nc1ccc(C(F)(F)F)cc1Cl. The molecule has 2 rings (SSSR count). The molecule has 4 nitrogen and oxygen atoms in total. The molecule has 0 aliphatic heterocycles. The fraction of sp³-hybridized carbons (Fsp3) is 0.143. The molecular formula is C14H10ClF5N2O2S. The minimum atomic E-state index is -4.63. The van der Waals surface area contributed by atoms with E-state index in [-0.39, 0.29) is 11.4 Å². The second-order valence-corrected chi connectivity index (χ2v) is 7.13. The summed E-state index contributed by atoms with van der Waals surface area (Å²) in [6.07, 6.45) is -3.83. The normalized spacial score (nSPS) is 12.1. The summed E-state index contributed by atoms with van der Waals surface area (Å²) < 4.78 is 90.0. The zero-order chi connectivity index (χ0) is 19.0. The Balaban J connectivity index is 2.48. The van der Waals surface area contributed by atoms with E-state index in [0.29, 0.717) is 18.2 Å². The Morgan fingerprint density at radius 1 is 1.04 bits per heavy atom. The van der Waals surface area contributed by atoms with E-state index in [1.54, 1.807) is 0 Å². The molecule has 0 saturated heterocycles. The first-order valence-electron chi connectivity index (χ1n) is 6.48. The van der Waals surface area contributed by atoms with E-state index < -0.39 is 44.1 Å². The van der Waals surface area contributed by atoms with Crippen LogP contribution in [0.2, 0.25) is 5.02 Å². The van der Waals surface area contributed by atoms with Crippen LogP contribution >= 0.6 is 11.6 Å². The van der Waals surface area contributed by atoms with E-state index in [1.165, 1.54) is 0 Å². The lowest BCUT2D eigenvalue weighted by Gasteiger charge is -2.16. The number of hydrogen-bond acceptors (Lipinski definition) is 3. The highest BCUT2D eigenvalue weighted by molar-refractivity contribution is 7.92. The molecule has 2 aromatic carbocycles. The van der Waals surface area contributed by atoms with Gasteiger partial charge in [-0.1, -0.05) is 11.6 Å². The van der Waals surface area contributed by atoms with Crippen molar-refractivity contribution in [1.82, 2.24) is 0 Å². The van der Waals surface area contributed by atoms with Crippen LogP contribution in [0.3, 0.4) is 0 Å². The van der Waals surface area contributed by atoms with Crippen molar-refractivity contribution >= 4 is 38.7 Å². The lowest BCUT2D eigenvalue weighted by atomic mass is 10.2. The van der Waals surface area contributed by atoms with Crippen molar-refractivity contribution in [3.05, 3.63) is 52.6 Å². The molecule has 0 fully saturated rings. The number of benzene rings is 2. The number of hydrogen-bond donors (Lipinski definition) is 2. The van der Waals surface area contributed by atoms with Crippen LogP contribution in [0.4, 0.5) is 39.0 Å². The van der Waals surface area contributed by atoms with Crippen LogP contribution in [-0.2, 0) is 16.2 Å². The quantitative estimate of drug-likeness (QED) is 0.728. The van der Waals surface area contributed by atoms with Crippen LogP contribution in [0.25, 0.3) is 0 Å². The third-order valence-electron chi connectivity index (χ3n) is 2.95. The highest BCUT2D eigenvalue weighted by Crippen LogP contribution is 2.37. The van der Waals surface area contributed by atoms with Crippen LogP contribution < -0.4 is 10.0 Å². The fourth-order valence-corrected chi connectivity index (χ4v) is 2.68. The minimum Gasteiger partial charge on any atom is -0.350 e. The zero-order valence-electron chi connectivity index (χ0n) is 12.4. The smallest absolute Gasteiger partial charge is 0.350 e. The van der Waals surface area contributed by atoms with Gasteiger partial charge in [-0.2, -0.15) is 13.2 Å². The number of anilines is 3. The van der Waals surface area contributed by atoms with Gasteiger partial charge in [0.2, 0.25) is 10.0 Å². The van der Waals surface area contributed by atoms with Crippen LogP contribution in [0.5, 0.6) is 0 Å². The first kappa shape index (κ1) is 19.3. The third kappa shape index (κ3) is 4.73. The Kier molecular flexibility index (Phi) is 5.14. The highest BCUT2D eigenvalue weighted by atomic mass is 35.5. The van der Waals surface area contributed by atoms with Crippen LogP contribution in [0.15, 0.2) is 30.3 Å². The predicted octanol–water partition coefficient (Wildman–Crippen LogP) is 4.75. The van der Waals surface area contributed by atoms with Gasteiger partial charge in [0.05, 0.1) is 28.2 Å². The van der Waals surface area contributed by atoms with Gasteiger partial charge in [-0.3, -0.25) is 4.72 Å². The van der Waals surface area contributed by atoms with Crippen molar-refractivity contribution in [2.45, 2.75) is 6.18 Å². The molecule has 25 heavy (non-hydrogen) atoms. The molecule has 11 heteroatoms. The second kappa shape index (κ2) is 6.68. The van der Waals surface area contributed by atoms with Crippen molar-refractivity contribution in [3.63, 3.8) is 0 Å². The van der Waals surface area contributed by atoms with Crippen LogP contribution in [0.1, 0.15) is 5.56 Å². The Hall–Kier alpha value is -2.07. The minimum absolute atomic E-state index is 0.171. The average molecular weight is 401 g/mol. The molecule has 0 atom stereocenters. The van der Waals surface area contributed by atoms with Gasteiger partial charge >= 0.3 is 6.18 Å². The van der Waals surface area contributed by atoms with Crippen molar-refractivity contribution in [2.24, 2.45) is 0 Å². The number of halogens is 6. The molecule has 0 aliphatic rings. The van der Waals surface area contributed by atoms with E-state index in [9.17, 15) is 30.4 Å². The molecule has 0 spiro atoms. The number of rotatable bonds is 4. The molecule has 0 heterocycles. The fourth-order valence-electron chi connectivity index (χ4n) is 1.89. The van der Waals surface area contributed by atoms with Crippen molar-refractivity contribution in [3.8, 4) is 0 Å². The van der Waals surface area contributed by atoms with Gasteiger partial charge < -0.3 is 5.32 Å². The molecular weight excluding hydrogens is 391 g/mol. The average Bonchev–Trinajstić information content (AvgIpc) is 2.46. The summed E-state index contributed by atoms with van der Waals surface area (Å²) in [6.45, 7) is 0. The van der Waals surface area contributed by atoms with Gasteiger partial charge in [-0.25, -0.2) is 17.2 Å². The van der Waals surface area contributed by atoms with Gasteiger partial charge in [0.25, 0.3) is 0 Å². The molecule has 136 valence electrons. The maximum atomic E-state index is 14.0. The van der Waals surface area contributed by atoms with E-state index in [1.807, 2.05) is 4.72 Å². The largest absolute Gasteiger partial charge is 0.416 e. The summed E-state index contributed by atoms with van der Waals surface area (Å²) in [5, 5.41) is 1.90. The highest BCUT2D eigenvalue weighted by Gasteiger charge is 2.31. The monoisotopic (exact) mass is 400 g/mol. The maximum Gasteiger partial charge on any atom is 0.416 e. The van der Waals surface area contributed by atoms with Gasteiger partial charge in [0, 0.05) is 0 Å². The predicted molar refractivity (Wildman–Crippen MR) is 84.6 cm³/mol. The van der Waals surface area contributed by atoms with Gasteiger partial charge in [0.15, 0.2) is 11.6 Å². The van der Waals surface area contributed by atoms with E-state index in [4.69, 9.17) is 11.6 Å². The Bertz CT molecular complexity index is 916. The van der Waals surface area contributed by atoms with Crippen LogP contribution in [0, 0.1) is 11.6 Å². The zero-order valence-corrected chi connectivity index (χ0v) is 14.0. The number of alkyl halides is 3. The summed E-state index contributed by atoms with van der Waals surface area (Å²) >= 11 is 5.75. The Labute approximate surface area is 144 Å². The molecule has 0 amide bonds. The molecule has 2 aromatic rings. The summed E-state index contributed by atoms with van der Waals surface area (Å²) in [4.78, 5) is 0. The Morgan fingerprint density at radius 3 is 2.16 bits per heavy atom. The summed E-state index contributed by atoms with van der Waals surface area (Å²) in [7, 11) is -3.82. The third-order valence-corrected chi connectivity index (χ3v) is 3.85. The molecule has 0 aromatic heterocycles. The van der Waals surface area contributed by atoms with Gasteiger partial charge in [-0.05, 0) is 30.3 Å². The molecule has 0 aliphatic carbocycles. The molecule has 0 radical (unpaired) electrons. The first-order chi connectivity index (χ1) is 11.4. The first-order valence-corrected chi connectivity index (χ1v) is 8.75. The Morgan fingerprint density at radius 2 is 1.64 bits per heavy atom. The number of nitrogens with one attached hydrogen (secondary N) is 2. The van der Waals surface area contributed by atoms with Crippen molar-refractivity contribution in [2.75, 3.05) is 16.3 Å². The van der Waals surface area contributed by atoms with E-state index in [2.05, 4.69) is 5.32 Å². The van der Waals surface area contributed by atoms with Gasteiger partial charge in [0.1, 0.15) is 5.69 Å². The van der Waals surface area contributed by atoms with Crippen molar-refractivity contribution in [1.29, 1.82) is 0 Å². The lowest BCUT2D eigenvalue weighted by molar-refractivity contribution is -0.137. The van der Waals surface area contributed by atoms with Crippen molar-refractivity contribution < 1.29 is 30.4 Å². The van der Waals surface area contributed by atoms with E-state index in [0.717, 1.165) is 18.4 Å². The molecule has 2 N–H and O–H groups in total. The van der Waals surface area contributed by atoms with E-state index >= 15 is 0 Å². The standard InChI is InChI=1S/C14H10ClF5N2O2S/c1-25(23,24)22-11-5-3-9(16)12(17)13(11)21-10-4-2-7(6-8(10)15)14(18,19)20/h2-6,21-22H,1H3. The topological polar surface area (TPSA) is 58.2 Å². The summed E-state index contributed by atoms with van der Waals surface area (Å²) in [6, 6.07) is 3.86. The maximum absolute atomic E-state index is 14.0. The van der Waals surface area contributed by atoms with Gasteiger partial charge in [-0.15, -0.1) is 0 Å². The number of sulfonamides is 1. The second-order valence-electron chi connectivity index (χ2n) is 4.98. The van der Waals surface area contributed by atoms with Crippen LogP contribution in [-0.4, -0.2) is 14.7 Å². The molecule has 0 bridgehead atoms. The molecule has 0 unspecified atom stereocenters.